The van der Waals surface area contributed by atoms with E-state index in [2.05, 4.69) is 0 Å². The van der Waals surface area contributed by atoms with E-state index in [1.165, 1.54) is 0 Å². The van der Waals surface area contributed by atoms with Crippen molar-refractivity contribution < 1.29 is 9.53 Å². The lowest BCUT2D eigenvalue weighted by molar-refractivity contribution is -0.106. The van der Waals surface area contributed by atoms with Crippen LogP contribution in [0.1, 0.15) is 0 Å². The lowest BCUT2D eigenvalue weighted by atomic mass is 10.2. The Labute approximate surface area is 82.3 Å². The van der Waals surface area contributed by atoms with Crippen LogP contribution in [0, 0.1) is 0 Å². The van der Waals surface area contributed by atoms with Crippen LogP contribution in [0.5, 0.6) is 5.75 Å². The van der Waals surface area contributed by atoms with E-state index in [1.54, 1.807) is 6.07 Å². The van der Waals surface area contributed by atoms with E-state index in [9.17, 15) is 4.79 Å². The summed E-state index contributed by atoms with van der Waals surface area (Å²) in [6, 6.07) is 5.46. The lowest BCUT2D eigenvalue weighted by Gasteiger charge is -2.29. The lowest BCUT2D eigenvalue weighted by Crippen LogP contribution is -2.34. The van der Waals surface area contributed by atoms with E-state index in [4.69, 9.17) is 10.5 Å². The van der Waals surface area contributed by atoms with Crippen molar-refractivity contribution in [2.45, 2.75) is 0 Å². The Morgan fingerprint density at radius 3 is 3.21 bits per heavy atom. The quantitative estimate of drug-likeness (QED) is 0.552. The number of anilines is 2. The van der Waals surface area contributed by atoms with Crippen molar-refractivity contribution in [2.75, 3.05) is 30.3 Å². The predicted molar refractivity (Wildman–Crippen MR) is 54.6 cm³/mol. The van der Waals surface area contributed by atoms with Gasteiger partial charge in [0.05, 0.1) is 18.8 Å². The Morgan fingerprint density at radius 1 is 1.57 bits per heavy atom. The second kappa shape index (κ2) is 3.57. The minimum atomic E-state index is 0.389. The van der Waals surface area contributed by atoms with Crippen LogP contribution in [0.2, 0.25) is 0 Å². The van der Waals surface area contributed by atoms with Crippen LogP contribution in [0.3, 0.4) is 0 Å². The summed E-state index contributed by atoms with van der Waals surface area (Å²) in [5, 5.41) is 0. The average Bonchev–Trinajstić information content (AvgIpc) is 2.19. The minimum Gasteiger partial charge on any atom is -0.490 e. The molecule has 1 aromatic rings. The third-order valence-corrected chi connectivity index (χ3v) is 2.24. The number of hydrogen-bond donors (Lipinski definition) is 1. The first-order valence-electron chi connectivity index (χ1n) is 4.52. The summed E-state index contributed by atoms with van der Waals surface area (Å²) in [5.41, 5.74) is 7.26. The number of hydrogen-bond acceptors (Lipinski definition) is 4. The summed E-state index contributed by atoms with van der Waals surface area (Å²) in [6.45, 7) is 1.74. The Bertz CT molecular complexity index is 352. The molecule has 0 atom stereocenters. The van der Waals surface area contributed by atoms with Crippen molar-refractivity contribution in [3.63, 3.8) is 0 Å². The number of carbonyl (C=O) groups is 1. The van der Waals surface area contributed by atoms with Crippen LogP contribution in [0.15, 0.2) is 18.2 Å². The van der Waals surface area contributed by atoms with Gasteiger partial charge in [-0.15, -0.1) is 0 Å². The number of nitrogen functional groups attached to an aromatic ring is 1. The minimum absolute atomic E-state index is 0.389. The molecule has 1 heterocycles. The Morgan fingerprint density at radius 2 is 2.43 bits per heavy atom. The number of nitrogens with two attached hydrogens (primary N) is 1. The highest BCUT2D eigenvalue weighted by atomic mass is 16.5. The van der Waals surface area contributed by atoms with Gasteiger partial charge in [0.25, 0.3) is 0 Å². The monoisotopic (exact) mass is 192 g/mol. The number of aldehydes is 1. The smallest absolute Gasteiger partial charge is 0.142 e. The number of ether oxygens (including phenoxy) is 1. The molecule has 0 unspecified atom stereocenters. The number of benzene rings is 1. The number of nitrogens with zero attached hydrogens (tertiary/aromatic N) is 1. The standard InChI is InChI=1S/C10H12N2O2/c11-8-1-2-10-9(7-8)12(3-5-13)4-6-14-10/h1-2,5,7H,3-4,6,11H2. The van der Waals surface area contributed by atoms with E-state index in [-0.39, 0.29) is 0 Å². The summed E-state index contributed by atoms with van der Waals surface area (Å²) in [5.74, 6) is 0.798. The highest BCUT2D eigenvalue weighted by molar-refractivity contribution is 5.70. The zero-order valence-corrected chi connectivity index (χ0v) is 7.77. The fourth-order valence-electron chi connectivity index (χ4n) is 1.57. The largest absolute Gasteiger partial charge is 0.490 e. The Balaban J connectivity index is 2.36. The van der Waals surface area contributed by atoms with Crippen molar-refractivity contribution >= 4 is 17.7 Å². The molecule has 74 valence electrons. The van der Waals surface area contributed by atoms with Gasteiger partial charge in [-0.05, 0) is 18.2 Å². The molecule has 2 N–H and O–H groups in total. The van der Waals surface area contributed by atoms with Gasteiger partial charge in [-0.1, -0.05) is 0 Å². The highest BCUT2D eigenvalue weighted by Crippen LogP contribution is 2.32. The van der Waals surface area contributed by atoms with E-state index in [0.29, 0.717) is 18.8 Å². The molecule has 0 saturated heterocycles. The summed E-state index contributed by atoms with van der Waals surface area (Å²) in [6.07, 6.45) is 0.887. The SMILES string of the molecule is Nc1ccc2c(c1)N(CC=O)CCO2. The van der Waals surface area contributed by atoms with Gasteiger partial charge in [0.2, 0.25) is 0 Å². The average molecular weight is 192 g/mol. The van der Waals surface area contributed by atoms with Crippen molar-refractivity contribution in [2.24, 2.45) is 0 Å². The van der Waals surface area contributed by atoms with E-state index >= 15 is 0 Å². The van der Waals surface area contributed by atoms with Crippen molar-refractivity contribution in [1.82, 2.24) is 0 Å². The number of carbonyl (C=O) groups excluding carboxylic acids is 1. The molecular formula is C10H12N2O2. The molecule has 1 aromatic carbocycles. The van der Waals surface area contributed by atoms with Gasteiger partial charge < -0.3 is 20.2 Å². The van der Waals surface area contributed by atoms with Gasteiger partial charge >= 0.3 is 0 Å². The molecule has 0 saturated carbocycles. The van der Waals surface area contributed by atoms with Crippen LogP contribution in [-0.4, -0.2) is 26.0 Å². The van der Waals surface area contributed by atoms with Crippen LogP contribution >= 0.6 is 0 Å². The van der Waals surface area contributed by atoms with Gasteiger partial charge in [-0.2, -0.15) is 0 Å². The van der Waals surface area contributed by atoms with Gasteiger partial charge in [0.15, 0.2) is 0 Å². The fraction of sp³-hybridized carbons (Fsp3) is 0.300. The van der Waals surface area contributed by atoms with Crippen LogP contribution in [0.25, 0.3) is 0 Å². The molecule has 0 radical (unpaired) electrons. The topological polar surface area (TPSA) is 55.6 Å². The first kappa shape index (κ1) is 8.87. The summed E-state index contributed by atoms with van der Waals surface area (Å²) in [4.78, 5) is 12.4. The summed E-state index contributed by atoms with van der Waals surface area (Å²) < 4.78 is 5.44. The maximum Gasteiger partial charge on any atom is 0.142 e. The van der Waals surface area contributed by atoms with Gasteiger partial charge in [0, 0.05) is 5.69 Å². The predicted octanol–water partition coefficient (Wildman–Crippen LogP) is 0.667. The Kier molecular flexibility index (Phi) is 2.26. The number of fused-ring (bicyclic) bond motifs is 1. The third kappa shape index (κ3) is 1.51. The molecule has 4 heteroatoms. The molecule has 14 heavy (non-hydrogen) atoms. The maximum atomic E-state index is 10.5. The number of rotatable bonds is 2. The van der Waals surface area contributed by atoms with Crippen molar-refractivity contribution in [1.29, 1.82) is 0 Å². The molecule has 0 amide bonds. The molecule has 0 aromatic heterocycles. The van der Waals surface area contributed by atoms with Crippen LogP contribution in [0.4, 0.5) is 11.4 Å². The van der Waals surface area contributed by atoms with E-state index in [1.807, 2.05) is 17.0 Å². The van der Waals surface area contributed by atoms with Crippen molar-refractivity contribution in [3.8, 4) is 5.75 Å². The zero-order chi connectivity index (χ0) is 9.97. The van der Waals surface area contributed by atoms with Gasteiger partial charge in [-0.25, -0.2) is 0 Å². The molecule has 0 bridgehead atoms. The summed E-state index contributed by atoms with van der Waals surface area (Å²) in [7, 11) is 0. The third-order valence-electron chi connectivity index (χ3n) is 2.24. The fourth-order valence-corrected chi connectivity index (χ4v) is 1.57. The summed E-state index contributed by atoms with van der Waals surface area (Å²) >= 11 is 0. The first-order chi connectivity index (χ1) is 6.81. The molecule has 1 aliphatic heterocycles. The maximum absolute atomic E-state index is 10.5. The second-order valence-electron chi connectivity index (χ2n) is 3.19. The van der Waals surface area contributed by atoms with Crippen LogP contribution in [-0.2, 0) is 4.79 Å². The molecule has 0 aliphatic carbocycles. The van der Waals surface area contributed by atoms with Gasteiger partial charge in [0.1, 0.15) is 18.6 Å². The van der Waals surface area contributed by atoms with E-state index in [0.717, 1.165) is 24.3 Å². The zero-order valence-electron chi connectivity index (χ0n) is 7.77. The second-order valence-corrected chi connectivity index (χ2v) is 3.19. The molecule has 4 nitrogen and oxygen atoms in total. The molecule has 0 fully saturated rings. The van der Waals surface area contributed by atoms with Gasteiger partial charge in [-0.3, -0.25) is 0 Å². The van der Waals surface area contributed by atoms with E-state index < -0.39 is 0 Å². The highest BCUT2D eigenvalue weighted by Gasteiger charge is 2.17. The van der Waals surface area contributed by atoms with Crippen LogP contribution < -0.4 is 15.4 Å². The normalized spacial score (nSPS) is 14.4. The Hall–Kier alpha value is -1.71. The first-order valence-corrected chi connectivity index (χ1v) is 4.52. The molecule has 2 rings (SSSR count). The molecular weight excluding hydrogens is 180 g/mol. The molecule has 1 aliphatic rings. The van der Waals surface area contributed by atoms with Crippen molar-refractivity contribution in [3.05, 3.63) is 18.2 Å². The molecule has 0 spiro atoms.